The molecule has 3 heterocycles. The van der Waals surface area contributed by atoms with Gasteiger partial charge in [0.05, 0.1) is 0 Å². The predicted octanol–water partition coefficient (Wildman–Crippen LogP) is 5.07. The second kappa shape index (κ2) is 9.16. The van der Waals surface area contributed by atoms with E-state index in [0.717, 1.165) is 16.8 Å². The molecule has 1 fully saturated rings. The Labute approximate surface area is 184 Å². The molecule has 0 saturated carbocycles. The first kappa shape index (κ1) is 21.5. The summed E-state index contributed by atoms with van der Waals surface area (Å²) in [5, 5.41) is 3.50. The van der Waals surface area contributed by atoms with Crippen LogP contribution in [0.1, 0.15) is 36.6 Å². The zero-order valence-electron chi connectivity index (χ0n) is 17.0. The summed E-state index contributed by atoms with van der Waals surface area (Å²) < 4.78 is 33.2. The van der Waals surface area contributed by atoms with Crippen LogP contribution >= 0.6 is 11.6 Å². The van der Waals surface area contributed by atoms with E-state index in [-0.39, 0.29) is 11.7 Å². The number of nitrogens with one attached hydrogen (secondary N) is 1. The van der Waals surface area contributed by atoms with Crippen molar-refractivity contribution in [2.45, 2.75) is 31.5 Å². The molecule has 1 saturated heterocycles. The number of nitrogens with two attached hydrogens (primary N) is 1. The normalized spacial score (nSPS) is 19.7. The number of hydrogen-bond donors (Lipinski definition) is 2. The molecule has 2 aromatic heterocycles. The van der Waals surface area contributed by atoms with Crippen LogP contribution in [0.15, 0.2) is 48.8 Å². The summed E-state index contributed by atoms with van der Waals surface area (Å²) in [4.78, 5) is 8.75. The van der Waals surface area contributed by atoms with Crippen molar-refractivity contribution in [3.63, 3.8) is 0 Å². The van der Waals surface area contributed by atoms with Gasteiger partial charge in [-0.1, -0.05) is 17.7 Å². The second-order valence-electron chi connectivity index (χ2n) is 7.69. The number of halogens is 3. The maximum absolute atomic E-state index is 13.7. The van der Waals surface area contributed by atoms with Crippen LogP contribution in [0, 0.1) is 5.82 Å². The Balaban J connectivity index is 1.54. The summed E-state index contributed by atoms with van der Waals surface area (Å²) in [6, 6.07) is 9.72. The van der Waals surface area contributed by atoms with Gasteiger partial charge in [0.2, 0.25) is 0 Å². The molecule has 0 amide bonds. The van der Waals surface area contributed by atoms with E-state index < -0.39 is 18.1 Å². The van der Waals surface area contributed by atoms with E-state index in [9.17, 15) is 8.78 Å². The molecule has 3 unspecified atom stereocenters. The van der Waals surface area contributed by atoms with Crippen molar-refractivity contribution in [2.24, 2.45) is 0 Å². The molecule has 4 rings (SSSR count). The molecule has 31 heavy (non-hydrogen) atoms. The van der Waals surface area contributed by atoms with Crippen molar-refractivity contribution in [3.05, 3.63) is 70.9 Å². The van der Waals surface area contributed by atoms with Crippen LogP contribution in [0.25, 0.3) is 11.1 Å². The zero-order chi connectivity index (χ0) is 22.0. The fourth-order valence-electron chi connectivity index (χ4n) is 3.72. The van der Waals surface area contributed by atoms with Crippen molar-refractivity contribution >= 4 is 17.4 Å². The Bertz CT molecular complexity index is 1060. The maximum atomic E-state index is 13.7. The first-order chi connectivity index (χ1) is 14.9. The highest BCUT2D eigenvalue weighted by atomic mass is 35.5. The van der Waals surface area contributed by atoms with Gasteiger partial charge in [0.1, 0.15) is 18.1 Å². The molecule has 162 valence electrons. The average molecular weight is 445 g/mol. The van der Waals surface area contributed by atoms with Crippen LogP contribution in [0.3, 0.4) is 0 Å². The van der Waals surface area contributed by atoms with Gasteiger partial charge in [0.15, 0.2) is 11.6 Å². The third-order valence-electron chi connectivity index (χ3n) is 5.42. The summed E-state index contributed by atoms with van der Waals surface area (Å²) in [6.45, 7) is 2.88. The molecule has 1 aliphatic heterocycles. The standard InChI is InChI=1S/C23H23ClF2N4O/c1-13(19-8-17(25)3-4-20(19)24)31-22-7-15(11-30-23(22)27)14-2-5-21(29-10-14)16-6-18(26)12-28-9-16/h2-5,7-8,10-11,13,16,18,28H,6,9,12H2,1H3,(H2,27,30). The number of benzene rings is 1. The van der Waals surface area contributed by atoms with Crippen LogP contribution in [0.5, 0.6) is 5.75 Å². The Morgan fingerprint density at radius 1 is 1.13 bits per heavy atom. The number of ether oxygens (including phenoxy) is 1. The molecule has 0 bridgehead atoms. The number of alkyl halides is 1. The Kier molecular flexibility index (Phi) is 6.34. The molecular weight excluding hydrogens is 422 g/mol. The minimum absolute atomic E-state index is 0.0538. The third kappa shape index (κ3) is 4.94. The molecule has 1 aliphatic rings. The Morgan fingerprint density at radius 3 is 2.68 bits per heavy atom. The quantitative estimate of drug-likeness (QED) is 0.574. The largest absolute Gasteiger partial charge is 0.482 e. The second-order valence-corrected chi connectivity index (χ2v) is 8.10. The number of nitrogens with zero attached hydrogens (tertiary/aromatic N) is 2. The number of hydrogen-bond acceptors (Lipinski definition) is 5. The first-order valence-electron chi connectivity index (χ1n) is 10.1. The van der Waals surface area contributed by atoms with E-state index in [0.29, 0.717) is 35.8 Å². The lowest BCUT2D eigenvalue weighted by Gasteiger charge is -2.25. The molecule has 0 radical (unpaired) electrons. The van der Waals surface area contributed by atoms with Crippen molar-refractivity contribution < 1.29 is 13.5 Å². The molecular formula is C23H23ClF2N4O. The van der Waals surface area contributed by atoms with Gasteiger partial charge in [-0.3, -0.25) is 4.98 Å². The van der Waals surface area contributed by atoms with Crippen molar-refractivity contribution in [1.29, 1.82) is 0 Å². The van der Waals surface area contributed by atoms with Crippen molar-refractivity contribution in [3.8, 4) is 16.9 Å². The number of piperidine rings is 1. The van der Waals surface area contributed by atoms with Gasteiger partial charge in [-0.05, 0) is 43.7 Å². The highest BCUT2D eigenvalue weighted by Crippen LogP contribution is 2.33. The lowest BCUT2D eigenvalue weighted by molar-refractivity contribution is 0.227. The molecule has 3 atom stereocenters. The van der Waals surface area contributed by atoms with E-state index in [4.69, 9.17) is 22.1 Å². The minimum Gasteiger partial charge on any atom is -0.482 e. The monoisotopic (exact) mass is 444 g/mol. The number of anilines is 1. The van der Waals surface area contributed by atoms with Crippen LogP contribution < -0.4 is 15.8 Å². The fourth-order valence-corrected chi connectivity index (χ4v) is 3.99. The summed E-state index contributed by atoms with van der Waals surface area (Å²) in [7, 11) is 0. The van der Waals surface area contributed by atoms with Gasteiger partial charge in [-0.25, -0.2) is 13.8 Å². The van der Waals surface area contributed by atoms with Crippen molar-refractivity contribution in [2.75, 3.05) is 18.8 Å². The highest BCUT2D eigenvalue weighted by molar-refractivity contribution is 6.31. The van der Waals surface area contributed by atoms with Crippen molar-refractivity contribution in [1.82, 2.24) is 15.3 Å². The predicted molar refractivity (Wildman–Crippen MR) is 117 cm³/mol. The molecule has 8 heteroatoms. The van der Waals surface area contributed by atoms with E-state index in [2.05, 4.69) is 15.3 Å². The summed E-state index contributed by atoms with van der Waals surface area (Å²) in [5.74, 6) is 0.243. The topological polar surface area (TPSA) is 73.1 Å². The Hall–Kier alpha value is -2.77. The maximum Gasteiger partial charge on any atom is 0.166 e. The lowest BCUT2D eigenvalue weighted by Crippen LogP contribution is -2.36. The van der Waals surface area contributed by atoms with E-state index in [1.807, 2.05) is 12.1 Å². The van der Waals surface area contributed by atoms with E-state index >= 15 is 0 Å². The first-order valence-corrected chi connectivity index (χ1v) is 10.5. The average Bonchev–Trinajstić information content (AvgIpc) is 2.77. The van der Waals surface area contributed by atoms with Crippen LogP contribution in [-0.2, 0) is 0 Å². The molecule has 1 aromatic carbocycles. The van der Waals surface area contributed by atoms with Gasteiger partial charge >= 0.3 is 0 Å². The molecule has 5 nitrogen and oxygen atoms in total. The number of aromatic nitrogens is 2. The number of rotatable bonds is 5. The van der Waals surface area contributed by atoms with Gasteiger partial charge in [-0.2, -0.15) is 0 Å². The molecule has 0 aliphatic carbocycles. The van der Waals surface area contributed by atoms with Gasteiger partial charge in [-0.15, -0.1) is 0 Å². The molecule has 3 aromatic rings. The number of pyridine rings is 2. The summed E-state index contributed by atoms with van der Waals surface area (Å²) >= 11 is 6.18. The van der Waals surface area contributed by atoms with Gasteiger partial charge in [0, 0.05) is 58.8 Å². The Morgan fingerprint density at radius 2 is 1.94 bits per heavy atom. The van der Waals surface area contributed by atoms with Crippen LogP contribution in [0.2, 0.25) is 5.02 Å². The summed E-state index contributed by atoms with van der Waals surface area (Å²) in [6.07, 6.45) is 2.46. The van der Waals surface area contributed by atoms with E-state index in [1.165, 1.54) is 18.2 Å². The zero-order valence-corrected chi connectivity index (χ0v) is 17.7. The smallest absolute Gasteiger partial charge is 0.166 e. The van der Waals surface area contributed by atoms with Crippen LogP contribution in [0.4, 0.5) is 14.6 Å². The van der Waals surface area contributed by atoms with Gasteiger partial charge < -0.3 is 15.8 Å². The van der Waals surface area contributed by atoms with Crippen LogP contribution in [-0.4, -0.2) is 29.2 Å². The number of nitrogen functional groups attached to an aromatic ring is 1. The molecule has 3 N–H and O–H groups in total. The molecule has 0 spiro atoms. The SMILES string of the molecule is CC(Oc1cc(-c2ccc(C3CNCC(F)C3)nc2)cnc1N)c1cc(F)ccc1Cl. The van der Waals surface area contributed by atoms with Gasteiger partial charge in [0.25, 0.3) is 0 Å². The highest BCUT2D eigenvalue weighted by Gasteiger charge is 2.23. The third-order valence-corrected chi connectivity index (χ3v) is 5.76. The lowest BCUT2D eigenvalue weighted by atomic mass is 9.94. The minimum atomic E-state index is -0.852. The fraction of sp³-hybridized carbons (Fsp3) is 0.304. The summed E-state index contributed by atoms with van der Waals surface area (Å²) in [5.41, 5.74) is 8.97. The van der Waals surface area contributed by atoms with E-state index in [1.54, 1.807) is 25.4 Å².